The smallest absolute Gasteiger partial charge is 0.338 e. The number of benzene rings is 2. The van der Waals surface area contributed by atoms with Crippen molar-refractivity contribution in [1.29, 1.82) is 0 Å². The molecule has 0 fully saturated rings. The number of para-hydroxylation sites is 1. The molecule has 154 valence electrons. The lowest BCUT2D eigenvalue weighted by Gasteiger charge is -2.34. The summed E-state index contributed by atoms with van der Waals surface area (Å²) in [5, 5.41) is 2.89. The Labute approximate surface area is 174 Å². The molecule has 0 saturated carbocycles. The van der Waals surface area contributed by atoms with E-state index in [1.165, 1.54) is 9.80 Å². The Balaban J connectivity index is 1.66. The van der Waals surface area contributed by atoms with Crippen LogP contribution in [-0.2, 0) is 14.3 Å². The molecule has 7 heteroatoms. The third-order valence-electron chi connectivity index (χ3n) is 5.55. The third kappa shape index (κ3) is 3.43. The van der Waals surface area contributed by atoms with E-state index in [0.717, 1.165) is 22.4 Å². The first-order valence-corrected chi connectivity index (χ1v) is 9.73. The van der Waals surface area contributed by atoms with E-state index in [9.17, 15) is 14.4 Å². The predicted molar refractivity (Wildman–Crippen MR) is 112 cm³/mol. The van der Waals surface area contributed by atoms with Gasteiger partial charge >= 0.3 is 12.0 Å². The fraction of sp³-hybridized carbons (Fsp3) is 0.261. The molecule has 1 N–H and O–H groups in total. The van der Waals surface area contributed by atoms with Crippen LogP contribution < -0.4 is 10.2 Å². The van der Waals surface area contributed by atoms with Gasteiger partial charge in [0.2, 0.25) is 5.91 Å². The first-order chi connectivity index (χ1) is 14.4. The van der Waals surface area contributed by atoms with Crippen LogP contribution >= 0.6 is 0 Å². The molecule has 0 aromatic heterocycles. The van der Waals surface area contributed by atoms with Crippen LogP contribution in [0.15, 0.2) is 59.8 Å². The molecule has 0 aliphatic carbocycles. The number of nitrogens with zero attached hydrogens (tertiary/aromatic N) is 2. The molecule has 1 unspecified atom stereocenters. The highest BCUT2D eigenvalue weighted by atomic mass is 16.5. The first-order valence-electron chi connectivity index (χ1n) is 9.73. The summed E-state index contributed by atoms with van der Waals surface area (Å²) in [6.07, 6.45) is 0. The summed E-state index contributed by atoms with van der Waals surface area (Å²) in [6.45, 7) is 3.68. The van der Waals surface area contributed by atoms with Gasteiger partial charge in [0.25, 0.3) is 0 Å². The fourth-order valence-electron chi connectivity index (χ4n) is 3.82. The predicted octanol–water partition coefficient (Wildman–Crippen LogP) is 2.84. The molecule has 0 bridgehead atoms. The number of carbonyl (C=O) groups excluding carboxylic acids is 3. The Hall–Kier alpha value is -3.61. The number of carbonyl (C=O) groups is 3. The molecule has 7 nitrogen and oxygen atoms in total. The van der Waals surface area contributed by atoms with E-state index in [1.54, 1.807) is 7.05 Å². The number of anilines is 1. The Morgan fingerprint density at radius 2 is 1.90 bits per heavy atom. The third-order valence-corrected chi connectivity index (χ3v) is 5.55. The SMILES string of the molecule is Cc1ccc(C)c(C2NC(=O)N(CC(=O)N(C)c3ccccc3)C3=C2C(=O)OC3)c1. The molecule has 4 rings (SSSR count). The van der Waals surface area contributed by atoms with E-state index >= 15 is 0 Å². The van der Waals surface area contributed by atoms with Gasteiger partial charge in [-0.3, -0.25) is 9.69 Å². The number of nitrogens with one attached hydrogen (secondary N) is 1. The standard InChI is InChI=1S/C23H23N3O4/c1-14-9-10-15(2)17(11-14)21-20-18(13-30-22(20)28)26(23(29)24-21)12-19(27)25(3)16-7-5-4-6-8-16/h4-11,21H,12-13H2,1-3H3,(H,24,29). The summed E-state index contributed by atoms with van der Waals surface area (Å²) in [4.78, 5) is 41.1. The van der Waals surface area contributed by atoms with Crippen LogP contribution in [-0.4, -0.2) is 43.0 Å². The van der Waals surface area contributed by atoms with E-state index in [2.05, 4.69) is 5.32 Å². The Morgan fingerprint density at radius 1 is 1.17 bits per heavy atom. The molecule has 2 aliphatic heterocycles. The highest BCUT2D eigenvalue weighted by molar-refractivity contribution is 6.00. The maximum atomic E-state index is 13.0. The Morgan fingerprint density at radius 3 is 2.63 bits per heavy atom. The van der Waals surface area contributed by atoms with Gasteiger partial charge in [0.15, 0.2) is 0 Å². The molecule has 0 spiro atoms. The molecule has 2 aromatic rings. The normalized spacial score (nSPS) is 18.1. The lowest BCUT2D eigenvalue weighted by molar-refractivity contribution is -0.136. The zero-order valence-electron chi connectivity index (χ0n) is 17.1. The number of urea groups is 1. The molecule has 3 amide bonds. The number of cyclic esters (lactones) is 1. The van der Waals surface area contributed by atoms with Gasteiger partial charge in [0.1, 0.15) is 13.2 Å². The number of likely N-dealkylation sites (N-methyl/N-ethyl adjacent to an activating group) is 1. The van der Waals surface area contributed by atoms with Crippen LogP contribution in [0, 0.1) is 13.8 Å². The summed E-state index contributed by atoms with van der Waals surface area (Å²) in [5.41, 5.74) is 4.40. The van der Waals surface area contributed by atoms with Crippen molar-refractivity contribution >= 4 is 23.6 Å². The van der Waals surface area contributed by atoms with Crippen molar-refractivity contribution in [3.05, 3.63) is 76.5 Å². The van der Waals surface area contributed by atoms with Crippen molar-refractivity contribution in [2.75, 3.05) is 25.1 Å². The van der Waals surface area contributed by atoms with E-state index in [-0.39, 0.29) is 19.1 Å². The number of rotatable bonds is 4. The molecular weight excluding hydrogens is 382 g/mol. The minimum atomic E-state index is -0.597. The van der Waals surface area contributed by atoms with Gasteiger partial charge in [0.05, 0.1) is 17.3 Å². The number of hydrogen-bond donors (Lipinski definition) is 1. The minimum absolute atomic E-state index is 0.0225. The van der Waals surface area contributed by atoms with Crippen LogP contribution in [0.4, 0.5) is 10.5 Å². The Kier molecular flexibility index (Phi) is 5.03. The quantitative estimate of drug-likeness (QED) is 0.794. The van der Waals surface area contributed by atoms with Crippen molar-refractivity contribution in [2.24, 2.45) is 0 Å². The maximum Gasteiger partial charge on any atom is 0.338 e. The maximum absolute atomic E-state index is 13.0. The van der Waals surface area contributed by atoms with Crippen LogP contribution in [0.1, 0.15) is 22.7 Å². The molecule has 2 heterocycles. The number of hydrogen-bond acceptors (Lipinski definition) is 4. The average Bonchev–Trinajstić information content (AvgIpc) is 3.13. The van der Waals surface area contributed by atoms with Crippen LogP contribution in [0.3, 0.4) is 0 Å². The molecule has 2 aromatic carbocycles. The summed E-state index contributed by atoms with van der Waals surface area (Å²) in [6, 6.07) is 14.1. The minimum Gasteiger partial charge on any atom is -0.456 e. The second-order valence-corrected chi connectivity index (χ2v) is 7.55. The van der Waals surface area contributed by atoms with Gasteiger partial charge in [-0.25, -0.2) is 9.59 Å². The van der Waals surface area contributed by atoms with Gasteiger partial charge in [-0.2, -0.15) is 0 Å². The molecule has 2 aliphatic rings. The molecule has 0 radical (unpaired) electrons. The zero-order valence-corrected chi connectivity index (χ0v) is 17.1. The highest BCUT2D eigenvalue weighted by Gasteiger charge is 2.43. The summed E-state index contributed by atoms with van der Waals surface area (Å²) < 4.78 is 5.26. The van der Waals surface area contributed by atoms with Gasteiger partial charge in [-0.15, -0.1) is 0 Å². The second-order valence-electron chi connectivity index (χ2n) is 7.55. The highest BCUT2D eigenvalue weighted by Crippen LogP contribution is 2.36. The van der Waals surface area contributed by atoms with Crippen molar-refractivity contribution in [3.63, 3.8) is 0 Å². The fourth-order valence-corrected chi connectivity index (χ4v) is 3.82. The largest absolute Gasteiger partial charge is 0.456 e. The van der Waals surface area contributed by atoms with Gasteiger partial charge < -0.3 is 15.0 Å². The van der Waals surface area contributed by atoms with Gasteiger partial charge in [0, 0.05) is 12.7 Å². The summed E-state index contributed by atoms with van der Waals surface area (Å²) in [7, 11) is 1.66. The van der Waals surface area contributed by atoms with Crippen molar-refractivity contribution in [2.45, 2.75) is 19.9 Å². The molecule has 0 saturated heterocycles. The van der Waals surface area contributed by atoms with Crippen molar-refractivity contribution < 1.29 is 19.1 Å². The van der Waals surface area contributed by atoms with Crippen LogP contribution in [0.25, 0.3) is 0 Å². The van der Waals surface area contributed by atoms with E-state index in [1.807, 2.05) is 62.4 Å². The van der Waals surface area contributed by atoms with E-state index in [0.29, 0.717) is 11.3 Å². The van der Waals surface area contributed by atoms with Crippen LogP contribution in [0.2, 0.25) is 0 Å². The lowest BCUT2D eigenvalue weighted by Crippen LogP contribution is -2.50. The topological polar surface area (TPSA) is 79.0 Å². The summed E-state index contributed by atoms with van der Waals surface area (Å²) >= 11 is 0. The van der Waals surface area contributed by atoms with E-state index < -0.39 is 18.0 Å². The monoisotopic (exact) mass is 405 g/mol. The van der Waals surface area contributed by atoms with Gasteiger partial charge in [-0.05, 0) is 37.1 Å². The Bertz CT molecular complexity index is 1060. The van der Waals surface area contributed by atoms with Gasteiger partial charge in [-0.1, -0.05) is 42.0 Å². The lowest BCUT2D eigenvalue weighted by atomic mass is 9.91. The number of amides is 3. The first kappa shape index (κ1) is 19.7. The second kappa shape index (κ2) is 7.67. The summed E-state index contributed by atoms with van der Waals surface area (Å²) in [5.74, 6) is -0.738. The van der Waals surface area contributed by atoms with Crippen molar-refractivity contribution in [3.8, 4) is 0 Å². The van der Waals surface area contributed by atoms with E-state index in [4.69, 9.17) is 4.74 Å². The molecule has 1 atom stereocenters. The number of aryl methyl sites for hydroxylation is 2. The van der Waals surface area contributed by atoms with Crippen molar-refractivity contribution in [1.82, 2.24) is 10.2 Å². The average molecular weight is 405 g/mol. The molecular formula is C23H23N3O4. The number of esters is 1. The molecule has 30 heavy (non-hydrogen) atoms. The number of ether oxygens (including phenoxy) is 1. The zero-order chi connectivity index (χ0) is 21.4. The van der Waals surface area contributed by atoms with Crippen LogP contribution in [0.5, 0.6) is 0 Å².